The molecule has 0 spiro atoms. The molecular formula is C12H22N2O2. The first-order valence-electron chi connectivity index (χ1n) is 6.30. The fourth-order valence-electron chi connectivity index (χ4n) is 2.55. The third-order valence-corrected chi connectivity index (χ3v) is 3.41. The Hall–Kier alpha value is -0.610. The van der Waals surface area contributed by atoms with E-state index < -0.39 is 0 Å². The number of amides is 1. The predicted octanol–water partition coefficient (Wildman–Crippen LogP) is 0.764. The summed E-state index contributed by atoms with van der Waals surface area (Å²) >= 11 is 0. The molecule has 2 saturated heterocycles. The van der Waals surface area contributed by atoms with Crippen LogP contribution in [0.5, 0.6) is 0 Å². The molecule has 2 rings (SSSR count). The first kappa shape index (κ1) is 11.9. The summed E-state index contributed by atoms with van der Waals surface area (Å²) < 4.78 is 5.43. The zero-order chi connectivity index (χ0) is 11.5. The lowest BCUT2D eigenvalue weighted by molar-refractivity contribution is -0.129. The van der Waals surface area contributed by atoms with Gasteiger partial charge in [-0.25, -0.2) is 0 Å². The lowest BCUT2D eigenvalue weighted by Crippen LogP contribution is -2.44. The van der Waals surface area contributed by atoms with E-state index in [1.54, 1.807) is 0 Å². The summed E-state index contributed by atoms with van der Waals surface area (Å²) in [6, 6.07) is 1.09. The average Bonchev–Trinajstić information content (AvgIpc) is 2.61. The third kappa shape index (κ3) is 2.74. The van der Waals surface area contributed by atoms with Crippen LogP contribution in [0, 0.1) is 0 Å². The van der Waals surface area contributed by atoms with Crippen molar-refractivity contribution in [3.8, 4) is 0 Å². The molecule has 2 atom stereocenters. The van der Waals surface area contributed by atoms with Crippen LogP contribution in [-0.4, -0.2) is 48.7 Å². The van der Waals surface area contributed by atoms with Crippen LogP contribution in [0.25, 0.3) is 0 Å². The molecule has 0 aliphatic carbocycles. The number of nitrogens with zero attached hydrogens (tertiary/aromatic N) is 1. The van der Waals surface area contributed by atoms with Gasteiger partial charge in [-0.3, -0.25) is 4.79 Å². The average molecular weight is 226 g/mol. The first-order chi connectivity index (χ1) is 7.66. The van der Waals surface area contributed by atoms with Crippen molar-refractivity contribution in [1.82, 2.24) is 10.2 Å². The van der Waals surface area contributed by atoms with Gasteiger partial charge in [-0.15, -0.1) is 0 Å². The number of ether oxygens (including phenoxy) is 1. The molecule has 2 heterocycles. The Morgan fingerprint density at radius 1 is 1.44 bits per heavy atom. The van der Waals surface area contributed by atoms with Crippen molar-refractivity contribution < 1.29 is 9.53 Å². The Balaban J connectivity index is 1.81. The van der Waals surface area contributed by atoms with Crippen LogP contribution in [0.1, 0.15) is 33.1 Å². The van der Waals surface area contributed by atoms with E-state index in [2.05, 4.69) is 19.2 Å². The highest BCUT2D eigenvalue weighted by Crippen LogP contribution is 2.16. The highest BCUT2D eigenvalue weighted by Gasteiger charge is 2.32. The molecule has 0 saturated carbocycles. The van der Waals surface area contributed by atoms with Crippen molar-refractivity contribution in [3.63, 3.8) is 0 Å². The lowest BCUT2D eigenvalue weighted by atomic mass is 10.1. The zero-order valence-electron chi connectivity index (χ0n) is 10.2. The summed E-state index contributed by atoms with van der Waals surface area (Å²) in [4.78, 5) is 13.7. The molecule has 0 radical (unpaired) electrons. The normalized spacial score (nSPS) is 31.4. The standard InChI is InChI=1S/C12H22N2O2/c1-9(2)14-7-11(6-12(14)15)13-10-4-3-5-16-8-10/h9-11,13H,3-8H2,1-2H3. The third-order valence-electron chi connectivity index (χ3n) is 3.41. The van der Waals surface area contributed by atoms with E-state index in [9.17, 15) is 4.79 Å². The second-order valence-electron chi connectivity index (χ2n) is 5.12. The molecule has 1 amide bonds. The Kier molecular flexibility index (Phi) is 3.82. The van der Waals surface area contributed by atoms with Gasteiger partial charge in [0, 0.05) is 37.7 Å². The minimum absolute atomic E-state index is 0.282. The van der Waals surface area contributed by atoms with E-state index in [0.29, 0.717) is 24.5 Å². The van der Waals surface area contributed by atoms with Crippen molar-refractivity contribution >= 4 is 5.91 Å². The fraction of sp³-hybridized carbons (Fsp3) is 0.917. The monoisotopic (exact) mass is 226 g/mol. The Labute approximate surface area is 97.3 Å². The van der Waals surface area contributed by atoms with E-state index in [1.165, 1.54) is 6.42 Å². The smallest absolute Gasteiger partial charge is 0.224 e. The molecule has 16 heavy (non-hydrogen) atoms. The first-order valence-corrected chi connectivity index (χ1v) is 6.30. The topological polar surface area (TPSA) is 41.6 Å². The number of hydrogen-bond acceptors (Lipinski definition) is 3. The van der Waals surface area contributed by atoms with E-state index in [0.717, 1.165) is 26.2 Å². The molecule has 4 heteroatoms. The van der Waals surface area contributed by atoms with Crippen LogP contribution >= 0.6 is 0 Å². The van der Waals surface area contributed by atoms with Gasteiger partial charge in [0.05, 0.1) is 6.61 Å². The lowest BCUT2D eigenvalue weighted by Gasteiger charge is -2.27. The van der Waals surface area contributed by atoms with Crippen LogP contribution in [0.15, 0.2) is 0 Å². The van der Waals surface area contributed by atoms with E-state index in [-0.39, 0.29) is 5.91 Å². The number of carbonyl (C=O) groups excluding carboxylic acids is 1. The van der Waals surface area contributed by atoms with Crippen molar-refractivity contribution in [3.05, 3.63) is 0 Å². The number of hydrogen-bond donors (Lipinski definition) is 1. The maximum atomic E-state index is 11.7. The summed E-state index contributed by atoms with van der Waals surface area (Å²) in [5.74, 6) is 0.282. The largest absolute Gasteiger partial charge is 0.380 e. The van der Waals surface area contributed by atoms with Gasteiger partial charge in [-0.1, -0.05) is 0 Å². The number of likely N-dealkylation sites (tertiary alicyclic amines) is 1. The van der Waals surface area contributed by atoms with Crippen LogP contribution in [0.3, 0.4) is 0 Å². The molecule has 0 aromatic rings. The Morgan fingerprint density at radius 3 is 2.81 bits per heavy atom. The molecule has 2 unspecified atom stereocenters. The summed E-state index contributed by atoms with van der Waals surface area (Å²) in [5, 5.41) is 3.55. The van der Waals surface area contributed by atoms with Crippen LogP contribution < -0.4 is 5.32 Å². The summed E-state index contributed by atoms with van der Waals surface area (Å²) in [6.45, 7) is 6.69. The van der Waals surface area contributed by atoms with Crippen LogP contribution in [0.2, 0.25) is 0 Å². The highest BCUT2D eigenvalue weighted by atomic mass is 16.5. The van der Waals surface area contributed by atoms with Crippen molar-refractivity contribution in [2.45, 2.75) is 51.2 Å². The number of nitrogens with one attached hydrogen (secondary N) is 1. The molecule has 0 bridgehead atoms. The van der Waals surface area contributed by atoms with Crippen molar-refractivity contribution in [2.75, 3.05) is 19.8 Å². The quantitative estimate of drug-likeness (QED) is 0.772. The molecular weight excluding hydrogens is 204 g/mol. The maximum absolute atomic E-state index is 11.7. The van der Waals surface area contributed by atoms with E-state index >= 15 is 0 Å². The molecule has 2 fully saturated rings. The van der Waals surface area contributed by atoms with Crippen molar-refractivity contribution in [1.29, 1.82) is 0 Å². The van der Waals surface area contributed by atoms with Crippen LogP contribution in [-0.2, 0) is 9.53 Å². The maximum Gasteiger partial charge on any atom is 0.224 e. The van der Waals surface area contributed by atoms with Crippen LogP contribution in [0.4, 0.5) is 0 Å². The second-order valence-corrected chi connectivity index (χ2v) is 5.12. The summed E-state index contributed by atoms with van der Waals surface area (Å²) in [6.07, 6.45) is 2.95. The SMILES string of the molecule is CC(C)N1CC(NC2CCCOC2)CC1=O. The Morgan fingerprint density at radius 2 is 2.25 bits per heavy atom. The number of carbonyl (C=O) groups is 1. The van der Waals surface area contributed by atoms with Gasteiger partial charge < -0.3 is 15.0 Å². The molecule has 0 aromatic carbocycles. The van der Waals surface area contributed by atoms with Gasteiger partial charge in [-0.05, 0) is 26.7 Å². The van der Waals surface area contributed by atoms with E-state index in [4.69, 9.17) is 4.74 Å². The zero-order valence-corrected chi connectivity index (χ0v) is 10.2. The Bertz CT molecular complexity index is 249. The van der Waals surface area contributed by atoms with Gasteiger partial charge >= 0.3 is 0 Å². The highest BCUT2D eigenvalue weighted by molar-refractivity contribution is 5.79. The van der Waals surface area contributed by atoms with Crippen molar-refractivity contribution in [2.24, 2.45) is 0 Å². The summed E-state index contributed by atoms with van der Waals surface area (Å²) in [5.41, 5.74) is 0. The molecule has 0 aromatic heterocycles. The number of rotatable bonds is 3. The molecule has 2 aliphatic rings. The van der Waals surface area contributed by atoms with E-state index in [1.807, 2.05) is 4.90 Å². The fourth-order valence-corrected chi connectivity index (χ4v) is 2.55. The molecule has 4 nitrogen and oxygen atoms in total. The van der Waals surface area contributed by atoms with Gasteiger partial charge in [0.25, 0.3) is 0 Å². The second kappa shape index (κ2) is 5.15. The minimum Gasteiger partial charge on any atom is -0.380 e. The predicted molar refractivity (Wildman–Crippen MR) is 62.2 cm³/mol. The molecule has 92 valence electrons. The van der Waals surface area contributed by atoms with Gasteiger partial charge in [0.2, 0.25) is 5.91 Å². The van der Waals surface area contributed by atoms with Gasteiger partial charge in [0.15, 0.2) is 0 Å². The minimum atomic E-state index is 0.282. The van der Waals surface area contributed by atoms with Gasteiger partial charge in [-0.2, -0.15) is 0 Å². The van der Waals surface area contributed by atoms with Gasteiger partial charge in [0.1, 0.15) is 0 Å². The molecule has 1 N–H and O–H groups in total. The summed E-state index contributed by atoms with van der Waals surface area (Å²) in [7, 11) is 0. The molecule has 2 aliphatic heterocycles.